The lowest BCUT2D eigenvalue weighted by Crippen LogP contribution is -2.38. The van der Waals surface area contributed by atoms with Crippen molar-refractivity contribution < 1.29 is 40.7 Å². The summed E-state index contributed by atoms with van der Waals surface area (Å²) >= 11 is 0. The van der Waals surface area contributed by atoms with Crippen LogP contribution in [0.1, 0.15) is 48.5 Å². The number of H-pyrrole nitrogens is 1. The van der Waals surface area contributed by atoms with Gasteiger partial charge in [0.15, 0.2) is 18.1 Å². The molecule has 2 heterocycles. The van der Waals surface area contributed by atoms with Crippen molar-refractivity contribution in [3.63, 3.8) is 0 Å². The molecule has 0 aliphatic heterocycles. The molecule has 2 aromatic heterocycles. The lowest BCUT2D eigenvalue weighted by molar-refractivity contribution is -0.117. The highest BCUT2D eigenvalue weighted by Gasteiger charge is 2.29. The first-order valence-corrected chi connectivity index (χ1v) is 13.0. The van der Waals surface area contributed by atoms with E-state index in [0.717, 1.165) is 12.1 Å². The van der Waals surface area contributed by atoms with Gasteiger partial charge < -0.3 is 25.7 Å². The van der Waals surface area contributed by atoms with Crippen LogP contribution < -0.4 is 20.7 Å². The van der Waals surface area contributed by atoms with Gasteiger partial charge in [-0.3, -0.25) is 9.59 Å². The lowest BCUT2D eigenvalue weighted by Gasteiger charge is -2.28. The first-order valence-electron chi connectivity index (χ1n) is 13.0. The summed E-state index contributed by atoms with van der Waals surface area (Å²) < 4.78 is 86.4. The van der Waals surface area contributed by atoms with Crippen molar-refractivity contribution in [1.82, 2.24) is 25.6 Å². The van der Waals surface area contributed by atoms with Crippen molar-refractivity contribution in [2.45, 2.75) is 58.0 Å². The molecule has 0 unspecified atom stereocenters. The third kappa shape index (κ3) is 7.31. The average Bonchev–Trinajstić information content (AvgIpc) is 3.34. The number of amides is 2. The number of hydrogen-bond donors (Lipinski definition) is 4. The quantitative estimate of drug-likeness (QED) is 0.174. The Kier molecular flexibility index (Phi) is 9.58. The molecular weight excluding hydrogens is 570 g/mol. The Morgan fingerprint density at radius 1 is 1.12 bits per heavy atom. The van der Waals surface area contributed by atoms with Gasteiger partial charge >= 0.3 is 0 Å². The van der Waals surface area contributed by atoms with E-state index >= 15 is 4.39 Å². The topological polar surface area (TPSA) is 121 Å². The molecule has 42 heavy (non-hydrogen) atoms. The normalized spacial score (nSPS) is 17.0. The average molecular weight is 599 g/mol. The predicted molar refractivity (Wildman–Crippen MR) is 141 cm³/mol. The van der Waals surface area contributed by atoms with Gasteiger partial charge in [0, 0.05) is 29.6 Å². The number of benzene rings is 1. The van der Waals surface area contributed by atoms with Crippen LogP contribution >= 0.6 is 0 Å². The highest BCUT2D eigenvalue weighted by atomic mass is 19.3. The van der Waals surface area contributed by atoms with Crippen molar-refractivity contribution in [3.8, 4) is 5.88 Å². The van der Waals surface area contributed by atoms with Crippen LogP contribution in [0.5, 0.6) is 5.88 Å². The van der Waals surface area contributed by atoms with E-state index in [0.29, 0.717) is 12.8 Å². The van der Waals surface area contributed by atoms with E-state index in [4.69, 9.17) is 4.74 Å². The fourth-order valence-electron chi connectivity index (χ4n) is 4.47. The molecule has 226 valence electrons. The number of aromatic nitrogens is 3. The standard InChI is InChI=1S/C27H28F6N6O3/c1-12(2)24(40)34-10-14-5-8-17(28)21(20(14)31)37-27-36-18-9-16(26(38-23(18)39-27)42-11-19(29)30)25(41)35-15-6-3-13(4-7-15)22(32)33/h5,8-9,13,15,19,22H,1,3-4,6-7,10-11H2,2H3,(H,34,40)(H,35,41)(H2,36,37,38,39). The first-order chi connectivity index (χ1) is 19.9. The van der Waals surface area contributed by atoms with Gasteiger partial charge in [-0.05, 0) is 44.7 Å². The molecule has 9 nitrogen and oxygen atoms in total. The summed E-state index contributed by atoms with van der Waals surface area (Å²) in [6, 6.07) is 2.97. The molecule has 1 aliphatic carbocycles. The molecule has 3 aromatic rings. The molecule has 4 N–H and O–H groups in total. The number of aromatic amines is 1. The Labute approximate surface area is 236 Å². The summed E-state index contributed by atoms with van der Waals surface area (Å²) in [7, 11) is 0. The van der Waals surface area contributed by atoms with E-state index in [2.05, 4.69) is 37.5 Å². The van der Waals surface area contributed by atoms with E-state index in [1.165, 1.54) is 13.0 Å². The highest BCUT2D eigenvalue weighted by Crippen LogP contribution is 2.31. The molecule has 1 aliphatic rings. The zero-order valence-electron chi connectivity index (χ0n) is 22.4. The summed E-state index contributed by atoms with van der Waals surface area (Å²) in [6.07, 6.45) is -4.25. The molecule has 4 rings (SSSR count). The van der Waals surface area contributed by atoms with Gasteiger partial charge in [0.1, 0.15) is 17.1 Å². The fourth-order valence-corrected chi connectivity index (χ4v) is 4.47. The minimum atomic E-state index is -2.88. The number of carbonyl (C=O) groups is 2. The number of nitrogens with one attached hydrogen (secondary N) is 4. The second kappa shape index (κ2) is 13.1. The Balaban J connectivity index is 1.57. The second-order valence-corrected chi connectivity index (χ2v) is 9.90. The van der Waals surface area contributed by atoms with Gasteiger partial charge in [-0.2, -0.15) is 9.97 Å². The molecule has 0 atom stereocenters. The Morgan fingerprint density at radius 3 is 2.48 bits per heavy atom. The maximum atomic E-state index is 15.1. The zero-order valence-corrected chi connectivity index (χ0v) is 22.4. The number of carbonyl (C=O) groups excluding carboxylic acids is 2. The van der Waals surface area contributed by atoms with Gasteiger partial charge in [-0.1, -0.05) is 12.6 Å². The number of halogens is 6. The van der Waals surface area contributed by atoms with Crippen molar-refractivity contribution in [2.24, 2.45) is 5.92 Å². The summed E-state index contributed by atoms with van der Waals surface area (Å²) in [5.74, 6) is -4.61. The molecule has 0 spiro atoms. The number of anilines is 2. The number of hydrogen-bond acceptors (Lipinski definition) is 6. The molecule has 1 aromatic carbocycles. The maximum absolute atomic E-state index is 15.1. The van der Waals surface area contributed by atoms with Crippen molar-refractivity contribution in [2.75, 3.05) is 11.9 Å². The van der Waals surface area contributed by atoms with Crippen LogP contribution in [0.3, 0.4) is 0 Å². The zero-order chi connectivity index (χ0) is 30.6. The molecule has 15 heteroatoms. The molecule has 0 radical (unpaired) electrons. The minimum absolute atomic E-state index is 0.0352. The first kappa shape index (κ1) is 30.7. The van der Waals surface area contributed by atoms with E-state index in [1.54, 1.807) is 0 Å². The highest BCUT2D eigenvalue weighted by molar-refractivity contribution is 5.99. The summed E-state index contributed by atoms with van der Waals surface area (Å²) in [4.78, 5) is 35.7. The molecule has 0 bridgehead atoms. The molecule has 1 saturated carbocycles. The molecule has 0 saturated heterocycles. The van der Waals surface area contributed by atoms with Gasteiger partial charge in [0.05, 0.1) is 5.52 Å². The summed E-state index contributed by atoms with van der Waals surface area (Å²) in [6.45, 7) is 3.64. The van der Waals surface area contributed by atoms with Crippen LogP contribution in [0.4, 0.5) is 38.0 Å². The predicted octanol–water partition coefficient (Wildman–Crippen LogP) is 5.37. The fraction of sp³-hybridized carbons (Fsp3) is 0.407. The van der Waals surface area contributed by atoms with E-state index in [1.807, 2.05) is 0 Å². The summed E-state index contributed by atoms with van der Waals surface area (Å²) in [5.41, 5.74) is -0.646. The van der Waals surface area contributed by atoms with Crippen LogP contribution in [0.25, 0.3) is 11.2 Å². The molecule has 1 fully saturated rings. The minimum Gasteiger partial charge on any atom is -0.471 e. The number of alkyl halides is 4. The SMILES string of the molecule is C=C(C)C(=O)NCc1ccc(F)c(Nc2nc3nc(OCC(F)F)c(C(=O)NC4CCC(C(F)F)CC4)cc3[nH]2)c1F. The van der Waals surface area contributed by atoms with E-state index in [-0.39, 0.29) is 53.2 Å². The number of rotatable bonds is 11. The van der Waals surface area contributed by atoms with Crippen LogP contribution in [-0.4, -0.2) is 52.3 Å². The van der Waals surface area contributed by atoms with Crippen LogP contribution in [0.2, 0.25) is 0 Å². The third-order valence-electron chi connectivity index (χ3n) is 6.73. The number of pyridine rings is 1. The van der Waals surface area contributed by atoms with Crippen LogP contribution in [0, 0.1) is 17.6 Å². The van der Waals surface area contributed by atoms with Gasteiger partial charge in [0.25, 0.3) is 12.3 Å². The Bertz CT molecular complexity index is 1470. The monoisotopic (exact) mass is 598 g/mol. The largest absolute Gasteiger partial charge is 0.471 e. The molecular formula is C27H28F6N6O3. The second-order valence-electron chi connectivity index (χ2n) is 9.90. The third-order valence-corrected chi connectivity index (χ3v) is 6.73. The Morgan fingerprint density at radius 2 is 1.83 bits per heavy atom. The summed E-state index contributed by atoms with van der Waals surface area (Å²) in [5, 5.41) is 7.62. The Hall–Kier alpha value is -4.30. The number of fused-ring (bicyclic) bond motifs is 1. The van der Waals surface area contributed by atoms with Crippen molar-refractivity contribution in [1.29, 1.82) is 0 Å². The van der Waals surface area contributed by atoms with Crippen LogP contribution in [-0.2, 0) is 11.3 Å². The smallest absolute Gasteiger partial charge is 0.272 e. The van der Waals surface area contributed by atoms with Crippen molar-refractivity contribution >= 4 is 34.6 Å². The number of nitrogens with zero attached hydrogens (tertiary/aromatic N) is 2. The number of imidazole rings is 1. The van der Waals surface area contributed by atoms with Crippen LogP contribution in [0.15, 0.2) is 30.4 Å². The van der Waals surface area contributed by atoms with Gasteiger partial charge in [-0.25, -0.2) is 26.3 Å². The van der Waals surface area contributed by atoms with E-state index in [9.17, 15) is 31.5 Å². The van der Waals surface area contributed by atoms with Gasteiger partial charge in [-0.15, -0.1) is 0 Å². The van der Waals surface area contributed by atoms with E-state index < -0.39 is 66.4 Å². The van der Waals surface area contributed by atoms with Crippen molar-refractivity contribution in [3.05, 3.63) is 53.1 Å². The maximum Gasteiger partial charge on any atom is 0.272 e. The van der Waals surface area contributed by atoms with Gasteiger partial charge in [0.2, 0.25) is 24.2 Å². The molecule has 2 amide bonds. The number of ether oxygens (including phenoxy) is 1. The lowest BCUT2D eigenvalue weighted by atomic mass is 9.86.